The van der Waals surface area contributed by atoms with Gasteiger partial charge in [-0.25, -0.2) is 4.89 Å². The van der Waals surface area contributed by atoms with E-state index in [9.17, 15) is 0 Å². The van der Waals surface area contributed by atoms with E-state index in [0.29, 0.717) is 0 Å². The van der Waals surface area contributed by atoms with Gasteiger partial charge in [-0.2, -0.15) is 0 Å². The Morgan fingerprint density at radius 2 is 2.22 bits per heavy atom. The molecule has 0 spiro atoms. The molecular formula is C7H14O2. The monoisotopic (exact) mass is 130 g/mol. The lowest BCUT2D eigenvalue weighted by Gasteiger charge is -2.04. The summed E-state index contributed by atoms with van der Waals surface area (Å²) >= 11 is 0. The van der Waals surface area contributed by atoms with Gasteiger partial charge in [-0.15, -0.1) is 0 Å². The molecule has 1 unspecified atom stereocenters. The van der Waals surface area contributed by atoms with E-state index in [4.69, 9.17) is 5.26 Å². The van der Waals surface area contributed by atoms with Gasteiger partial charge in [0, 0.05) is 0 Å². The molecule has 0 bridgehead atoms. The van der Waals surface area contributed by atoms with E-state index < -0.39 is 0 Å². The van der Waals surface area contributed by atoms with Crippen LogP contribution in [0.5, 0.6) is 0 Å². The summed E-state index contributed by atoms with van der Waals surface area (Å²) in [5.41, 5.74) is 1.16. The van der Waals surface area contributed by atoms with Crippen LogP contribution in [0.25, 0.3) is 0 Å². The van der Waals surface area contributed by atoms with E-state index in [1.54, 1.807) is 0 Å². The summed E-state index contributed by atoms with van der Waals surface area (Å²) in [6.45, 7) is 5.91. The van der Waals surface area contributed by atoms with Gasteiger partial charge in [-0.1, -0.05) is 18.6 Å². The zero-order valence-electron chi connectivity index (χ0n) is 6.22. The van der Waals surface area contributed by atoms with Crippen LogP contribution in [-0.4, -0.2) is 11.4 Å². The zero-order valence-corrected chi connectivity index (χ0v) is 6.22. The average molecular weight is 130 g/mol. The van der Waals surface area contributed by atoms with Gasteiger partial charge in [0.1, 0.15) is 6.10 Å². The number of hydrogen-bond donors (Lipinski definition) is 1. The first kappa shape index (κ1) is 8.66. The maximum atomic E-state index is 8.23. The maximum Gasteiger partial charge on any atom is 0.111 e. The van der Waals surface area contributed by atoms with Crippen LogP contribution < -0.4 is 0 Å². The van der Waals surface area contributed by atoms with Crippen LogP contribution in [0.4, 0.5) is 0 Å². The van der Waals surface area contributed by atoms with Crippen LogP contribution in [0.1, 0.15) is 27.2 Å². The molecule has 54 valence electrons. The second-order valence-electron chi connectivity index (χ2n) is 2.30. The van der Waals surface area contributed by atoms with E-state index >= 15 is 0 Å². The molecule has 0 aromatic rings. The molecule has 0 saturated carbocycles. The maximum absolute atomic E-state index is 8.23. The Morgan fingerprint density at radius 3 is 2.33 bits per heavy atom. The van der Waals surface area contributed by atoms with Crippen molar-refractivity contribution in [3.8, 4) is 0 Å². The molecule has 0 amide bonds. The summed E-state index contributed by atoms with van der Waals surface area (Å²) in [5, 5.41) is 8.23. The number of allylic oxidation sites excluding steroid dienone is 1. The Labute approximate surface area is 56.1 Å². The fourth-order valence-electron chi connectivity index (χ4n) is 0.595. The molecule has 0 aliphatic rings. The van der Waals surface area contributed by atoms with Gasteiger partial charge in [0.15, 0.2) is 0 Å². The van der Waals surface area contributed by atoms with Crippen molar-refractivity contribution in [3.63, 3.8) is 0 Å². The molecule has 0 aliphatic heterocycles. The molecule has 9 heavy (non-hydrogen) atoms. The predicted molar refractivity (Wildman–Crippen MR) is 37.2 cm³/mol. The molecule has 1 atom stereocenters. The fourth-order valence-corrected chi connectivity index (χ4v) is 0.595. The molecule has 0 fully saturated rings. The highest BCUT2D eigenvalue weighted by molar-refractivity contribution is 4.97. The van der Waals surface area contributed by atoms with Gasteiger partial charge < -0.3 is 0 Å². The van der Waals surface area contributed by atoms with E-state index in [1.807, 2.05) is 26.8 Å². The molecule has 1 N–H and O–H groups in total. The molecule has 0 rings (SSSR count). The van der Waals surface area contributed by atoms with Gasteiger partial charge in [0.25, 0.3) is 0 Å². The summed E-state index contributed by atoms with van der Waals surface area (Å²) in [7, 11) is 0. The second kappa shape index (κ2) is 4.53. The standard InChI is InChI=1S/C7H14O2/c1-4-7(9-8)5-6(2)3/h5,7-8H,4H2,1-3H3. The molecule has 2 nitrogen and oxygen atoms in total. The van der Waals surface area contributed by atoms with E-state index in [-0.39, 0.29) is 6.10 Å². The van der Waals surface area contributed by atoms with Crippen molar-refractivity contribution in [1.82, 2.24) is 0 Å². The fraction of sp³-hybridized carbons (Fsp3) is 0.714. The summed E-state index contributed by atoms with van der Waals surface area (Å²) in [5.74, 6) is 0. The van der Waals surface area contributed by atoms with Crippen molar-refractivity contribution in [1.29, 1.82) is 0 Å². The highest BCUT2D eigenvalue weighted by atomic mass is 17.1. The minimum atomic E-state index is -0.130. The molecule has 0 aliphatic carbocycles. The first-order chi connectivity index (χ1) is 4.20. The molecule has 2 heteroatoms. The van der Waals surface area contributed by atoms with Crippen LogP contribution in [0, 0.1) is 0 Å². The number of hydrogen-bond acceptors (Lipinski definition) is 2. The van der Waals surface area contributed by atoms with Gasteiger partial charge in [0.2, 0.25) is 0 Å². The first-order valence-corrected chi connectivity index (χ1v) is 3.16. The molecular weight excluding hydrogens is 116 g/mol. The lowest BCUT2D eigenvalue weighted by Crippen LogP contribution is -2.04. The average Bonchev–Trinajstić information content (AvgIpc) is 1.82. The van der Waals surface area contributed by atoms with Crippen molar-refractivity contribution >= 4 is 0 Å². The van der Waals surface area contributed by atoms with Crippen LogP contribution in [-0.2, 0) is 4.89 Å². The van der Waals surface area contributed by atoms with Crippen LogP contribution in [0.3, 0.4) is 0 Å². The zero-order chi connectivity index (χ0) is 7.28. The quantitative estimate of drug-likeness (QED) is 0.360. The van der Waals surface area contributed by atoms with Gasteiger partial charge >= 0.3 is 0 Å². The molecule has 0 aromatic heterocycles. The molecule has 0 heterocycles. The molecule has 0 radical (unpaired) electrons. The van der Waals surface area contributed by atoms with E-state index in [0.717, 1.165) is 12.0 Å². The lowest BCUT2D eigenvalue weighted by molar-refractivity contribution is -0.266. The Bertz CT molecular complexity index is 89.1. The smallest absolute Gasteiger partial charge is 0.111 e. The van der Waals surface area contributed by atoms with E-state index in [1.165, 1.54) is 0 Å². The molecule has 0 saturated heterocycles. The summed E-state index contributed by atoms with van der Waals surface area (Å²) < 4.78 is 0. The molecule has 0 aromatic carbocycles. The SMILES string of the molecule is CCC(C=C(C)C)OO. The summed E-state index contributed by atoms with van der Waals surface area (Å²) in [6.07, 6.45) is 2.57. The van der Waals surface area contributed by atoms with Gasteiger partial charge in [-0.05, 0) is 20.3 Å². The Hall–Kier alpha value is -0.340. The third-order valence-electron chi connectivity index (χ3n) is 1.06. The lowest BCUT2D eigenvalue weighted by atomic mass is 10.2. The van der Waals surface area contributed by atoms with Crippen LogP contribution in [0.2, 0.25) is 0 Å². The summed E-state index contributed by atoms with van der Waals surface area (Å²) in [4.78, 5) is 4.13. The third kappa shape index (κ3) is 4.18. The minimum absolute atomic E-state index is 0.130. The minimum Gasteiger partial charge on any atom is -0.251 e. The Morgan fingerprint density at radius 1 is 1.67 bits per heavy atom. The largest absolute Gasteiger partial charge is 0.251 e. The Kier molecular flexibility index (Phi) is 4.36. The first-order valence-electron chi connectivity index (χ1n) is 3.16. The third-order valence-corrected chi connectivity index (χ3v) is 1.06. The van der Waals surface area contributed by atoms with Crippen molar-refractivity contribution in [2.24, 2.45) is 0 Å². The van der Waals surface area contributed by atoms with Crippen LogP contribution in [0.15, 0.2) is 11.6 Å². The second-order valence-corrected chi connectivity index (χ2v) is 2.30. The Balaban J connectivity index is 3.68. The normalized spacial score (nSPS) is 12.9. The number of rotatable bonds is 3. The topological polar surface area (TPSA) is 29.5 Å². The van der Waals surface area contributed by atoms with Crippen molar-refractivity contribution < 1.29 is 10.1 Å². The van der Waals surface area contributed by atoms with Crippen LogP contribution >= 0.6 is 0 Å². The highest BCUT2D eigenvalue weighted by Crippen LogP contribution is 2.01. The highest BCUT2D eigenvalue weighted by Gasteiger charge is 1.98. The van der Waals surface area contributed by atoms with Gasteiger partial charge in [-0.3, -0.25) is 5.26 Å². The summed E-state index contributed by atoms with van der Waals surface area (Å²) in [6, 6.07) is 0. The van der Waals surface area contributed by atoms with Gasteiger partial charge in [0.05, 0.1) is 0 Å². The van der Waals surface area contributed by atoms with Crippen molar-refractivity contribution in [2.75, 3.05) is 0 Å². The van der Waals surface area contributed by atoms with Crippen molar-refractivity contribution in [2.45, 2.75) is 33.3 Å². The van der Waals surface area contributed by atoms with E-state index in [2.05, 4.69) is 4.89 Å². The van der Waals surface area contributed by atoms with Crippen molar-refractivity contribution in [3.05, 3.63) is 11.6 Å². The predicted octanol–water partition coefficient (Wildman–Crippen LogP) is 2.22.